The third-order valence-corrected chi connectivity index (χ3v) is 3.81. The maximum absolute atomic E-state index is 13.9. The van der Waals surface area contributed by atoms with Crippen LogP contribution in [0.5, 0.6) is 0 Å². The fraction of sp³-hybridized carbons (Fsp3) is 0.533. The zero-order chi connectivity index (χ0) is 15.4. The largest absolute Gasteiger partial charge is 0.389 e. The van der Waals surface area contributed by atoms with Crippen LogP contribution in [0.4, 0.5) is 14.5 Å². The molecule has 0 aliphatic heterocycles. The minimum atomic E-state index is -0.992. The fourth-order valence-corrected chi connectivity index (χ4v) is 2.50. The molecule has 0 radical (unpaired) electrons. The Bertz CT molecular complexity index is 479. The van der Waals surface area contributed by atoms with E-state index >= 15 is 0 Å². The van der Waals surface area contributed by atoms with Crippen molar-refractivity contribution in [3.8, 4) is 0 Å². The van der Waals surface area contributed by atoms with Crippen LogP contribution in [0.15, 0.2) is 12.1 Å². The molecule has 1 aromatic rings. The first-order chi connectivity index (χ1) is 9.25. The third kappa shape index (κ3) is 3.88. The first kappa shape index (κ1) is 16.8. The van der Waals surface area contributed by atoms with Gasteiger partial charge in [-0.05, 0) is 29.9 Å². The number of thiocarbonyl (C=S) groups is 1. The Hall–Kier alpha value is -1.23. The number of halogens is 2. The van der Waals surface area contributed by atoms with Gasteiger partial charge < -0.3 is 11.1 Å². The molecule has 0 amide bonds. The van der Waals surface area contributed by atoms with Crippen molar-refractivity contribution in [2.75, 3.05) is 11.9 Å². The molecule has 0 atom stereocenters. The van der Waals surface area contributed by atoms with Crippen molar-refractivity contribution in [1.29, 1.82) is 0 Å². The molecule has 1 rings (SSSR count). The summed E-state index contributed by atoms with van der Waals surface area (Å²) in [7, 11) is 0. The van der Waals surface area contributed by atoms with E-state index in [1.807, 2.05) is 0 Å². The second-order valence-corrected chi connectivity index (χ2v) is 6.13. The van der Waals surface area contributed by atoms with E-state index in [4.69, 9.17) is 5.73 Å². The van der Waals surface area contributed by atoms with Crippen LogP contribution in [0.2, 0.25) is 0 Å². The van der Waals surface area contributed by atoms with Gasteiger partial charge in [-0.3, -0.25) is 0 Å². The normalized spacial score (nSPS) is 11.4. The summed E-state index contributed by atoms with van der Waals surface area (Å²) in [5.74, 6) is -0.611. The van der Waals surface area contributed by atoms with Crippen LogP contribution in [0, 0.1) is 29.4 Å². The molecule has 1 aromatic carbocycles. The molecule has 5 heteroatoms. The summed E-state index contributed by atoms with van der Waals surface area (Å²) < 4.78 is 27.7. The minimum absolute atomic E-state index is 0.0627. The highest BCUT2D eigenvalue weighted by molar-refractivity contribution is 7.80. The Kier molecular flexibility index (Phi) is 5.87. The summed E-state index contributed by atoms with van der Waals surface area (Å²) in [5, 5.41) is 2.98. The van der Waals surface area contributed by atoms with Crippen molar-refractivity contribution in [2.24, 2.45) is 23.5 Å². The molecule has 0 bridgehead atoms. The fourth-order valence-electron chi connectivity index (χ4n) is 2.35. The monoisotopic (exact) mass is 300 g/mol. The quantitative estimate of drug-likeness (QED) is 0.782. The van der Waals surface area contributed by atoms with E-state index in [0.717, 1.165) is 0 Å². The molecule has 112 valence electrons. The van der Waals surface area contributed by atoms with Crippen molar-refractivity contribution >= 4 is 22.9 Å². The van der Waals surface area contributed by atoms with Crippen molar-refractivity contribution in [3.05, 3.63) is 29.3 Å². The molecular weight excluding hydrogens is 278 g/mol. The predicted molar refractivity (Wildman–Crippen MR) is 83.9 cm³/mol. The van der Waals surface area contributed by atoms with Crippen molar-refractivity contribution in [2.45, 2.75) is 27.7 Å². The van der Waals surface area contributed by atoms with Crippen LogP contribution in [0.25, 0.3) is 0 Å². The predicted octanol–water partition coefficient (Wildman–Crippen LogP) is 3.94. The van der Waals surface area contributed by atoms with Crippen molar-refractivity contribution < 1.29 is 8.78 Å². The summed E-state index contributed by atoms with van der Waals surface area (Å²) in [6.07, 6.45) is 0. The summed E-state index contributed by atoms with van der Waals surface area (Å²) >= 11 is 4.68. The standard InChI is InChI=1S/C15H22F2N2S/c1-8(2)11(9(3)4)7-19-12-6-5-10(15(18)20)13(16)14(12)17/h5-6,8-9,11,19H,7H2,1-4H3,(H2,18,20). The zero-order valence-electron chi connectivity index (χ0n) is 12.3. The Morgan fingerprint density at radius 3 is 2.15 bits per heavy atom. The smallest absolute Gasteiger partial charge is 0.182 e. The third-order valence-electron chi connectivity index (χ3n) is 3.59. The first-order valence-electron chi connectivity index (χ1n) is 6.77. The number of anilines is 1. The van der Waals surface area contributed by atoms with Crippen LogP contribution in [-0.4, -0.2) is 11.5 Å². The Morgan fingerprint density at radius 2 is 1.70 bits per heavy atom. The van der Waals surface area contributed by atoms with Gasteiger partial charge in [0.2, 0.25) is 0 Å². The molecule has 0 unspecified atom stereocenters. The lowest BCUT2D eigenvalue weighted by Crippen LogP contribution is -2.25. The van der Waals surface area contributed by atoms with Gasteiger partial charge in [-0.15, -0.1) is 0 Å². The molecule has 0 aliphatic carbocycles. The molecule has 0 aliphatic rings. The highest BCUT2D eigenvalue weighted by Gasteiger charge is 2.19. The number of rotatable bonds is 6. The zero-order valence-corrected chi connectivity index (χ0v) is 13.2. The molecular formula is C15H22F2N2S. The van der Waals surface area contributed by atoms with Crippen LogP contribution in [-0.2, 0) is 0 Å². The number of hydrogen-bond donors (Lipinski definition) is 2. The lowest BCUT2D eigenvalue weighted by atomic mass is 9.85. The molecule has 0 saturated carbocycles. The van der Waals surface area contributed by atoms with E-state index in [0.29, 0.717) is 24.3 Å². The van der Waals surface area contributed by atoms with E-state index in [1.54, 1.807) is 0 Å². The second kappa shape index (κ2) is 6.97. The highest BCUT2D eigenvalue weighted by atomic mass is 32.1. The highest BCUT2D eigenvalue weighted by Crippen LogP contribution is 2.24. The Labute approximate surface area is 124 Å². The lowest BCUT2D eigenvalue weighted by Gasteiger charge is -2.25. The van der Waals surface area contributed by atoms with Crippen molar-refractivity contribution in [1.82, 2.24) is 0 Å². The average Bonchev–Trinajstić information content (AvgIpc) is 2.33. The molecule has 20 heavy (non-hydrogen) atoms. The maximum atomic E-state index is 13.9. The molecule has 0 spiro atoms. The van der Waals surface area contributed by atoms with E-state index in [2.05, 4.69) is 45.2 Å². The van der Waals surface area contributed by atoms with Crippen molar-refractivity contribution in [3.63, 3.8) is 0 Å². The van der Waals surface area contributed by atoms with Gasteiger partial charge in [-0.1, -0.05) is 39.9 Å². The number of hydrogen-bond acceptors (Lipinski definition) is 2. The van der Waals surface area contributed by atoms with Gasteiger partial charge in [-0.25, -0.2) is 8.78 Å². The van der Waals surface area contributed by atoms with E-state index < -0.39 is 11.6 Å². The van der Waals surface area contributed by atoms with Crippen LogP contribution < -0.4 is 11.1 Å². The number of nitrogens with two attached hydrogens (primary N) is 1. The Morgan fingerprint density at radius 1 is 1.15 bits per heavy atom. The molecule has 3 N–H and O–H groups in total. The van der Waals surface area contributed by atoms with E-state index in [9.17, 15) is 8.78 Å². The summed E-state index contributed by atoms with van der Waals surface area (Å²) in [5.41, 5.74) is 5.42. The molecule has 0 fully saturated rings. The lowest BCUT2D eigenvalue weighted by molar-refractivity contribution is 0.304. The SMILES string of the molecule is CC(C)C(CNc1ccc(C(N)=S)c(F)c1F)C(C)C. The second-order valence-electron chi connectivity index (χ2n) is 5.69. The van der Waals surface area contributed by atoms with Gasteiger partial charge in [-0.2, -0.15) is 0 Å². The molecule has 0 aromatic heterocycles. The van der Waals surface area contributed by atoms with Gasteiger partial charge in [0.05, 0.1) is 5.69 Å². The van der Waals surface area contributed by atoms with Gasteiger partial charge in [0.1, 0.15) is 4.99 Å². The minimum Gasteiger partial charge on any atom is -0.389 e. The van der Waals surface area contributed by atoms with Gasteiger partial charge in [0, 0.05) is 12.1 Å². The van der Waals surface area contributed by atoms with Crippen LogP contribution in [0.3, 0.4) is 0 Å². The number of benzene rings is 1. The van der Waals surface area contributed by atoms with Gasteiger partial charge >= 0.3 is 0 Å². The topological polar surface area (TPSA) is 38.0 Å². The molecule has 0 heterocycles. The maximum Gasteiger partial charge on any atom is 0.182 e. The van der Waals surface area contributed by atoms with E-state index in [1.165, 1.54) is 12.1 Å². The average molecular weight is 300 g/mol. The molecule has 2 nitrogen and oxygen atoms in total. The summed E-state index contributed by atoms with van der Waals surface area (Å²) in [6, 6.07) is 2.88. The Balaban J connectivity index is 2.89. The van der Waals surface area contributed by atoms with E-state index in [-0.39, 0.29) is 16.2 Å². The van der Waals surface area contributed by atoms with Crippen LogP contribution >= 0.6 is 12.2 Å². The molecule has 0 saturated heterocycles. The summed E-state index contributed by atoms with van der Waals surface area (Å²) in [4.78, 5) is -0.143. The van der Waals surface area contributed by atoms with Gasteiger partial charge in [0.25, 0.3) is 0 Å². The van der Waals surface area contributed by atoms with Crippen LogP contribution in [0.1, 0.15) is 33.3 Å². The summed E-state index contributed by atoms with van der Waals surface area (Å²) in [6.45, 7) is 9.09. The van der Waals surface area contributed by atoms with Gasteiger partial charge in [0.15, 0.2) is 11.6 Å². The first-order valence-corrected chi connectivity index (χ1v) is 7.18. The number of nitrogens with one attached hydrogen (secondary N) is 1.